The van der Waals surface area contributed by atoms with Gasteiger partial charge in [0.1, 0.15) is 0 Å². The van der Waals surface area contributed by atoms with Gasteiger partial charge in [-0.1, -0.05) is 42.4 Å². The van der Waals surface area contributed by atoms with Crippen LogP contribution < -0.4 is 0 Å². The van der Waals surface area contributed by atoms with Gasteiger partial charge in [0.15, 0.2) is 4.50 Å². The molecule has 0 atom stereocenters. The van der Waals surface area contributed by atoms with E-state index in [1.807, 2.05) is 6.92 Å². The summed E-state index contributed by atoms with van der Waals surface area (Å²) in [4.78, 5) is 16.8. The monoisotopic (exact) mass is 246 g/mol. The lowest BCUT2D eigenvalue weighted by atomic mass is 10.5. The van der Waals surface area contributed by atoms with Crippen molar-refractivity contribution >= 4 is 33.9 Å². The third kappa shape index (κ3) is 6.36. The van der Waals surface area contributed by atoms with Crippen LogP contribution >= 0.6 is 23.4 Å². The van der Waals surface area contributed by atoms with Gasteiger partial charge in [-0.25, -0.2) is 4.79 Å². The number of carbonyl (C=O) groups is 1. The summed E-state index contributed by atoms with van der Waals surface area (Å²) in [5, 5.41) is 0. The molecule has 2 amide bonds. The molecule has 0 N–H and O–H groups in total. The maximum atomic E-state index is 11.6. The largest absolute Gasteiger partial charge is 0.346 e. The van der Waals surface area contributed by atoms with Crippen LogP contribution in [0, 0.1) is 0 Å². The number of hydrogen-bond acceptors (Lipinski definition) is 2. The van der Waals surface area contributed by atoms with Crippen molar-refractivity contribution in [2.24, 2.45) is 4.99 Å². The van der Waals surface area contributed by atoms with Crippen LogP contribution in [-0.4, -0.2) is 34.3 Å². The minimum Gasteiger partial charge on any atom is -0.315 e. The molecule has 0 saturated heterocycles. The van der Waals surface area contributed by atoms with Crippen molar-refractivity contribution in [2.75, 3.05) is 18.8 Å². The van der Waals surface area contributed by atoms with E-state index in [4.69, 9.17) is 11.6 Å². The fraction of sp³-hybridized carbons (Fsp3) is 0.400. The van der Waals surface area contributed by atoms with Gasteiger partial charge in [0.2, 0.25) is 0 Å². The van der Waals surface area contributed by atoms with Crippen molar-refractivity contribution in [1.29, 1.82) is 0 Å². The fourth-order valence-electron chi connectivity index (χ4n) is 0.840. The Morgan fingerprint density at radius 2 is 2.00 bits per heavy atom. The van der Waals surface area contributed by atoms with Crippen LogP contribution in [0.25, 0.3) is 0 Å². The van der Waals surface area contributed by atoms with Gasteiger partial charge in [0.25, 0.3) is 0 Å². The lowest BCUT2D eigenvalue weighted by molar-refractivity contribution is 0.218. The Morgan fingerprint density at radius 1 is 1.47 bits per heavy atom. The SMILES string of the molecule is C=CCN(CC=C)C(=O)N=C(Cl)SCC. The first-order chi connectivity index (χ1) is 7.15. The van der Waals surface area contributed by atoms with Crippen LogP contribution in [0.15, 0.2) is 30.3 Å². The summed E-state index contributed by atoms with van der Waals surface area (Å²) < 4.78 is 0.264. The van der Waals surface area contributed by atoms with Gasteiger partial charge in [-0.15, -0.1) is 13.2 Å². The quantitative estimate of drug-likeness (QED) is 0.424. The summed E-state index contributed by atoms with van der Waals surface area (Å²) in [7, 11) is 0. The first-order valence-electron chi connectivity index (χ1n) is 4.53. The standard InChI is InChI=1S/C10H15ClN2OS/c1-4-7-13(8-5-2)10(14)12-9(11)15-6-3/h4-5H,1-2,6-8H2,3H3. The molecule has 0 aliphatic rings. The van der Waals surface area contributed by atoms with Crippen LogP contribution in [0.5, 0.6) is 0 Å². The minimum absolute atomic E-state index is 0.264. The normalized spacial score (nSPS) is 10.9. The molecule has 84 valence electrons. The number of aliphatic imine (C=N–C) groups is 1. The summed E-state index contributed by atoms with van der Waals surface area (Å²) >= 11 is 7.06. The predicted molar refractivity (Wildman–Crippen MR) is 68.8 cm³/mol. The second-order valence-electron chi connectivity index (χ2n) is 2.56. The van der Waals surface area contributed by atoms with Crippen molar-refractivity contribution < 1.29 is 4.79 Å². The number of thioether (sulfide) groups is 1. The molecule has 0 aliphatic heterocycles. The van der Waals surface area contributed by atoms with E-state index in [2.05, 4.69) is 18.2 Å². The summed E-state index contributed by atoms with van der Waals surface area (Å²) in [6.45, 7) is 9.95. The number of hydrogen-bond donors (Lipinski definition) is 0. The van der Waals surface area contributed by atoms with Gasteiger partial charge in [-0.3, -0.25) is 0 Å². The lowest BCUT2D eigenvalue weighted by Gasteiger charge is -2.15. The van der Waals surface area contributed by atoms with Crippen LogP contribution in [0.3, 0.4) is 0 Å². The number of amides is 2. The molecule has 0 rings (SSSR count). The highest BCUT2D eigenvalue weighted by Crippen LogP contribution is 2.08. The van der Waals surface area contributed by atoms with E-state index in [0.29, 0.717) is 13.1 Å². The Balaban J connectivity index is 4.41. The van der Waals surface area contributed by atoms with Crippen molar-refractivity contribution in [2.45, 2.75) is 6.92 Å². The van der Waals surface area contributed by atoms with Gasteiger partial charge in [0, 0.05) is 13.1 Å². The van der Waals surface area contributed by atoms with Gasteiger partial charge in [0.05, 0.1) is 0 Å². The molecule has 0 aliphatic carbocycles. The Labute approximate surface area is 99.9 Å². The van der Waals surface area contributed by atoms with Crippen molar-refractivity contribution in [3.63, 3.8) is 0 Å². The molecule has 0 bridgehead atoms. The van der Waals surface area contributed by atoms with Gasteiger partial charge < -0.3 is 4.90 Å². The topological polar surface area (TPSA) is 32.7 Å². The van der Waals surface area contributed by atoms with E-state index in [1.165, 1.54) is 16.7 Å². The van der Waals surface area contributed by atoms with Crippen molar-refractivity contribution in [3.8, 4) is 0 Å². The molecular formula is C10H15ClN2OS. The number of nitrogens with zero attached hydrogens (tertiary/aromatic N) is 2. The Bertz CT molecular complexity index is 256. The molecule has 0 aromatic carbocycles. The highest BCUT2D eigenvalue weighted by Gasteiger charge is 2.09. The second-order valence-corrected chi connectivity index (χ2v) is 4.40. The van der Waals surface area contributed by atoms with Crippen molar-refractivity contribution in [1.82, 2.24) is 4.90 Å². The zero-order chi connectivity index (χ0) is 11.7. The number of carbonyl (C=O) groups excluding carboxylic acids is 1. The number of rotatable bonds is 5. The predicted octanol–water partition coefficient (Wildman–Crippen LogP) is 3.13. The maximum absolute atomic E-state index is 11.6. The molecule has 0 unspecified atom stereocenters. The molecule has 0 saturated carbocycles. The van der Waals surface area contributed by atoms with E-state index < -0.39 is 0 Å². The average Bonchev–Trinajstić information content (AvgIpc) is 2.17. The van der Waals surface area contributed by atoms with Gasteiger partial charge in [-0.2, -0.15) is 4.99 Å². The molecule has 15 heavy (non-hydrogen) atoms. The van der Waals surface area contributed by atoms with Crippen LogP contribution in [0.4, 0.5) is 4.79 Å². The third-order valence-electron chi connectivity index (χ3n) is 1.42. The van der Waals surface area contributed by atoms with Gasteiger partial charge in [-0.05, 0) is 5.75 Å². The average molecular weight is 247 g/mol. The summed E-state index contributed by atoms with van der Waals surface area (Å²) in [6.07, 6.45) is 3.27. The summed E-state index contributed by atoms with van der Waals surface area (Å²) in [6, 6.07) is -0.360. The van der Waals surface area contributed by atoms with Gasteiger partial charge >= 0.3 is 6.03 Å². The second kappa shape index (κ2) is 8.56. The Morgan fingerprint density at radius 3 is 2.40 bits per heavy atom. The van der Waals surface area contributed by atoms with E-state index >= 15 is 0 Å². The molecule has 0 spiro atoms. The van der Waals surface area contributed by atoms with E-state index in [0.717, 1.165) is 5.75 Å². The fourth-order valence-corrected chi connectivity index (χ4v) is 1.62. The third-order valence-corrected chi connectivity index (χ3v) is 2.45. The molecule has 0 heterocycles. The molecular weight excluding hydrogens is 232 g/mol. The zero-order valence-corrected chi connectivity index (χ0v) is 10.4. The molecule has 5 heteroatoms. The maximum Gasteiger partial charge on any atom is 0.346 e. The van der Waals surface area contributed by atoms with Crippen LogP contribution in [-0.2, 0) is 0 Å². The van der Waals surface area contributed by atoms with E-state index in [-0.39, 0.29) is 10.5 Å². The number of urea groups is 1. The molecule has 0 fully saturated rings. The lowest BCUT2D eigenvalue weighted by Crippen LogP contribution is -2.28. The van der Waals surface area contributed by atoms with E-state index in [1.54, 1.807) is 12.2 Å². The Kier molecular flexibility index (Phi) is 8.14. The molecule has 3 nitrogen and oxygen atoms in total. The molecule has 0 aromatic heterocycles. The summed E-state index contributed by atoms with van der Waals surface area (Å²) in [5.41, 5.74) is 0. The van der Waals surface area contributed by atoms with Crippen molar-refractivity contribution in [3.05, 3.63) is 25.3 Å². The highest BCUT2D eigenvalue weighted by molar-refractivity contribution is 8.16. The zero-order valence-electron chi connectivity index (χ0n) is 8.78. The van der Waals surface area contributed by atoms with Crippen LogP contribution in [0.2, 0.25) is 0 Å². The molecule has 0 radical (unpaired) electrons. The first kappa shape index (κ1) is 14.3. The summed E-state index contributed by atoms with van der Waals surface area (Å²) in [5.74, 6) is 0.790. The smallest absolute Gasteiger partial charge is 0.315 e. The Hall–Kier alpha value is -0.740. The molecule has 0 aromatic rings. The van der Waals surface area contributed by atoms with E-state index in [9.17, 15) is 4.79 Å². The number of halogens is 1. The first-order valence-corrected chi connectivity index (χ1v) is 5.89. The highest BCUT2D eigenvalue weighted by atomic mass is 35.5. The van der Waals surface area contributed by atoms with Crippen LogP contribution in [0.1, 0.15) is 6.92 Å². The minimum atomic E-state index is -0.360.